The Morgan fingerprint density at radius 3 is 2.19 bits per heavy atom. The van der Waals surface area contributed by atoms with Crippen LogP contribution in [0.4, 0.5) is 5.69 Å². The fraction of sp³-hybridized carbons (Fsp3) is 0.538. The summed E-state index contributed by atoms with van der Waals surface area (Å²) in [4.78, 5) is 2.64. The van der Waals surface area contributed by atoms with Gasteiger partial charge in [0.1, 0.15) is 0 Å². The van der Waals surface area contributed by atoms with Crippen molar-refractivity contribution in [3.8, 4) is 11.1 Å². The fourth-order valence-corrected chi connectivity index (χ4v) is 4.48. The molecule has 0 aromatic heterocycles. The molecule has 0 spiro atoms. The molecule has 27 heavy (non-hydrogen) atoms. The van der Waals surface area contributed by atoms with Crippen molar-refractivity contribution in [1.29, 1.82) is 0 Å². The van der Waals surface area contributed by atoms with Gasteiger partial charge in [0.05, 0.1) is 0 Å². The van der Waals surface area contributed by atoms with Gasteiger partial charge in [0.2, 0.25) is 0 Å². The lowest BCUT2D eigenvalue weighted by Crippen LogP contribution is -2.32. The molecule has 0 amide bonds. The first kappa shape index (κ1) is 20.0. The number of anilines is 1. The van der Waals surface area contributed by atoms with Crippen molar-refractivity contribution in [1.82, 2.24) is 0 Å². The van der Waals surface area contributed by atoms with Crippen molar-refractivity contribution >= 4 is 5.69 Å². The molecule has 0 unspecified atom stereocenters. The Morgan fingerprint density at radius 2 is 1.44 bits per heavy atom. The summed E-state index contributed by atoms with van der Waals surface area (Å²) in [5, 5.41) is 0. The molecule has 1 aliphatic rings. The lowest BCUT2D eigenvalue weighted by atomic mass is 10.0. The molecule has 0 heterocycles. The van der Waals surface area contributed by atoms with Crippen molar-refractivity contribution in [3.63, 3.8) is 0 Å². The zero-order valence-electron chi connectivity index (χ0n) is 17.6. The molecule has 0 saturated carbocycles. The van der Waals surface area contributed by atoms with Crippen LogP contribution in [0.5, 0.6) is 0 Å². The van der Waals surface area contributed by atoms with Crippen LogP contribution in [0.25, 0.3) is 11.1 Å². The van der Waals surface area contributed by atoms with E-state index in [9.17, 15) is 0 Å². The van der Waals surface area contributed by atoms with Gasteiger partial charge >= 0.3 is 0 Å². The smallest absolute Gasteiger partial charge is 0.0410 e. The molecule has 0 aliphatic heterocycles. The number of unbranched alkanes of at least 4 members (excludes halogenated alkanes) is 7. The molecule has 0 N–H and O–H groups in total. The van der Waals surface area contributed by atoms with Gasteiger partial charge in [-0.05, 0) is 48.6 Å². The first-order chi connectivity index (χ1) is 13.2. The van der Waals surface area contributed by atoms with Gasteiger partial charge in [-0.25, -0.2) is 0 Å². The van der Waals surface area contributed by atoms with E-state index < -0.39 is 0 Å². The van der Waals surface area contributed by atoms with E-state index in [2.05, 4.69) is 68.1 Å². The molecular formula is C26H37N. The van der Waals surface area contributed by atoms with E-state index in [-0.39, 0.29) is 0 Å². The van der Waals surface area contributed by atoms with Crippen molar-refractivity contribution in [2.24, 2.45) is 0 Å². The summed E-state index contributed by atoms with van der Waals surface area (Å²) in [6.45, 7) is 8.15. The molecule has 2 aromatic carbocycles. The number of benzene rings is 2. The normalized spacial score (nSPS) is 12.3. The fourth-order valence-electron chi connectivity index (χ4n) is 4.48. The van der Waals surface area contributed by atoms with Crippen molar-refractivity contribution in [2.45, 2.75) is 84.6 Å². The average molecular weight is 364 g/mol. The van der Waals surface area contributed by atoms with Crippen LogP contribution in [0.3, 0.4) is 0 Å². The molecule has 2 aromatic rings. The van der Waals surface area contributed by atoms with E-state index in [1.807, 2.05) is 0 Å². The van der Waals surface area contributed by atoms with Crippen LogP contribution in [0, 0.1) is 0 Å². The Balaban J connectivity index is 1.60. The second kappa shape index (κ2) is 9.97. The maximum Gasteiger partial charge on any atom is 0.0410 e. The van der Waals surface area contributed by atoms with E-state index in [0.29, 0.717) is 6.04 Å². The molecule has 1 aliphatic carbocycles. The summed E-state index contributed by atoms with van der Waals surface area (Å²) in [5.41, 5.74) is 7.36. The standard InChI is InChI=1S/C26H37N/c1-4-5-6-7-8-9-10-13-19-27(21(2)3)26-18-14-17-24-23-16-12-11-15-22(23)20-25(24)26/h11-12,14-18,21H,4-10,13,19-20H2,1-3H3. The Hall–Kier alpha value is -1.76. The van der Waals surface area contributed by atoms with Gasteiger partial charge in [-0.15, -0.1) is 0 Å². The summed E-state index contributed by atoms with van der Waals surface area (Å²) in [5.74, 6) is 0. The molecule has 146 valence electrons. The van der Waals surface area contributed by atoms with Crippen molar-refractivity contribution in [2.75, 3.05) is 11.4 Å². The van der Waals surface area contributed by atoms with Gasteiger partial charge in [-0.2, -0.15) is 0 Å². The summed E-state index contributed by atoms with van der Waals surface area (Å²) in [6, 6.07) is 16.4. The minimum Gasteiger partial charge on any atom is -0.369 e. The van der Waals surface area contributed by atoms with Crippen LogP contribution in [-0.2, 0) is 6.42 Å². The summed E-state index contributed by atoms with van der Waals surface area (Å²) < 4.78 is 0. The van der Waals surface area contributed by atoms with Crippen LogP contribution in [-0.4, -0.2) is 12.6 Å². The molecule has 0 saturated heterocycles. The Morgan fingerprint density at radius 1 is 0.778 bits per heavy atom. The van der Waals surface area contributed by atoms with E-state index in [0.717, 1.165) is 6.42 Å². The Bertz CT molecular complexity index is 716. The molecule has 3 rings (SSSR count). The van der Waals surface area contributed by atoms with Crippen LogP contribution in [0.15, 0.2) is 42.5 Å². The zero-order valence-corrected chi connectivity index (χ0v) is 17.6. The second-order valence-electron chi connectivity index (χ2n) is 8.40. The largest absolute Gasteiger partial charge is 0.369 e. The Kier molecular flexibility index (Phi) is 7.38. The lowest BCUT2D eigenvalue weighted by Gasteiger charge is -2.31. The third kappa shape index (κ3) is 4.94. The molecular weight excluding hydrogens is 326 g/mol. The Labute approximate surface area is 166 Å². The van der Waals surface area contributed by atoms with Gasteiger partial charge in [0, 0.05) is 24.7 Å². The highest BCUT2D eigenvalue weighted by Gasteiger charge is 2.23. The van der Waals surface area contributed by atoms with Gasteiger partial charge in [0.15, 0.2) is 0 Å². The molecule has 0 atom stereocenters. The van der Waals surface area contributed by atoms with Gasteiger partial charge < -0.3 is 4.90 Å². The zero-order chi connectivity index (χ0) is 19.1. The maximum absolute atomic E-state index is 2.64. The lowest BCUT2D eigenvalue weighted by molar-refractivity contribution is 0.561. The van der Waals surface area contributed by atoms with Crippen molar-refractivity contribution in [3.05, 3.63) is 53.6 Å². The first-order valence-electron chi connectivity index (χ1n) is 11.2. The summed E-state index contributed by atoms with van der Waals surface area (Å²) in [7, 11) is 0. The highest BCUT2D eigenvalue weighted by atomic mass is 15.2. The monoisotopic (exact) mass is 363 g/mol. The number of hydrogen-bond donors (Lipinski definition) is 0. The van der Waals surface area contributed by atoms with Gasteiger partial charge in [-0.3, -0.25) is 0 Å². The van der Waals surface area contributed by atoms with Crippen LogP contribution in [0.2, 0.25) is 0 Å². The molecule has 0 bridgehead atoms. The average Bonchev–Trinajstić information content (AvgIpc) is 3.06. The van der Waals surface area contributed by atoms with E-state index in [1.165, 1.54) is 85.9 Å². The summed E-state index contributed by atoms with van der Waals surface area (Å²) in [6.07, 6.45) is 12.2. The molecule has 1 nitrogen and oxygen atoms in total. The highest BCUT2D eigenvalue weighted by Crippen LogP contribution is 2.41. The second-order valence-corrected chi connectivity index (χ2v) is 8.40. The van der Waals surface area contributed by atoms with E-state index >= 15 is 0 Å². The maximum atomic E-state index is 2.64. The number of fused-ring (bicyclic) bond motifs is 3. The predicted molar refractivity (Wildman–Crippen MR) is 120 cm³/mol. The van der Waals surface area contributed by atoms with E-state index in [4.69, 9.17) is 0 Å². The quantitative estimate of drug-likeness (QED) is 0.317. The topological polar surface area (TPSA) is 3.24 Å². The van der Waals surface area contributed by atoms with Crippen LogP contribution < -0.4 is 4.90 Å². The summed E-state index contributed by atoms with van der Waals surface area (Å²) >= 11 is 0. The third-order valence-corrected chi connectivity index (χ3v) is 6.01. The van der Waals surface area contributed by atoms with Gasteiger partial charge in [-0.1, -0.05) is 88.3 Å². The first-order valence-corrected chi connectivity index (χ1v) is 11.2. The molecule has 1 heteroatoms. The SMILES string of the molecule is CCCCCCCCCCN(c1cccc2c1Cc1ccccc1-2)C(C)C. The molecule has 0 radical (unpaired) electrons. The van der Waals surface area contributed by atoms with Crippen LogP contribution >= 0.6 is 0 Å². The number of hydrogen-bond acceptors (Lipinski definition) is 1. The van der Waals surface area contributed by atoms with Crippen LogP contribution in [0.1, 0.15) is 83.3 Å². The predicted octanol–water partition coefficient (Wildman–Crippen LogP) is 7.61. The highest BCUT2D eigenvalue weighted by molar-refractivity contribution is 5.82. The minimum atomic E-state index is 0.546. The van der Waals surface area contributed by atoms with Crippen molar-refractivity contribution < 1.29 is 0 Å². The molecule has 0 fully saturated rings. The van der Waals surface area contributed by atoms with E-state index in [1.54, 1.807) is 0 Å². The minimum absolute atomic E-state index is 0.546. The van der Waals surface area contributed by atoms with Gasteiger partial charge in [0.25, 0.3) is 0 Å². The number of nitrogens with zero attached hydrogens (tertiary/aromatic N) is 1. The third-order valence-electron chi connectivity index (χ3n) is 6.01. The number of rotatable bonds is 11.